The van der Waals surface area contributed by atoms with Crippen LogP contribution in [0.4, 0.5) is 0 Å². The highest BCUT2D eigenvalue weighted by atomic mass is 32.2. The molecule has 2 aromatic rings. The fraction of sp³-hybridized carbons (Fsp3) is 0.357. The van der Waals surface area contributed by atoms with Crippen LogP contribution in [0.25, 0.3) is 0 Å². The van der Waals surface area contributed by atoms with Crippen molar-refractivity contribution in [2.45, 2.75) is 30.6 Å². The molecule has 0 spiro atoms. The molecule has 5 nitrogen and oxygen atoms in total. The highest BCUT2D eigenvalue weighted by molar-refractivity contribution is 7.91. The van der Waals surface area contributed by atoms with Gasteiger partial charge in [0, 0.05) is 11.9 Å². The van der Waals surface area contributed by atoms with Gasteiger partial charge in [0.2, 0.25) is 5.91 Å². The van der Waals surface area contributed by atoms with Crippen LogP contribution < -0.4 is 4.72 Å². The second-order valence-electron chi connectivity index (χ2n) is 5.00. The van der Waals surface area contributed by atoms with Gasteiger partial charge in [0.1, 0.15) is 4.21 Å². The summed E-state index contributed by atoms with van der Waals surface area (Å²) >= 11 is 2.71. The maximum Gasteiger partial charge on any atom is 0.250 e. The van der Waals surface area contributed by atoms with Crippen molar-refractivity contribution in [3.8, 4) is 0 Å². The molecule has 0 aliphatic carbocycles. The highest BCUT2D eigenvalue weighted by Gasteiger charge is 2.25. The van der Waals surface area contributed by atoms with Gasteiger partial charge in [0.15, 0.2) is 0 Å². The predicted molar refractivity (Wildman–Crippen MR) is 89.6 cm³/mol. The molecule has 2 heterocycles. The van der Waals surface area contributed by atoms with Crippen molar-refractivity contribution >= 4 is 38.6 Å². The summed E-state index contributed by atoms with van der Waals surface area (Å²) in [6, 6.07) is 4.37. The molecule has 0 fully saturated rings. The summed E-state index contributed by atoms with van der Waals surface area (Å²) in [5.41, 5.74) is 1.14. The Morgan fingerprint density at radius 1 is 1.32 bits per heavy atom. The Morgan fingerprint density at radius 3 is 2.59 bits per heavy atom. The molecule has 120 valence electrons. The van der Waals surface area contributed by atoms with Gasteiger partial charge in [-0.15, -0.1) is 22.7 Å². The number of thiophene rings is 2. The van der Waals surface area contributed by atoms with Gasteiger partial charge in [-0.05, 0) is 42.3 Å². The topological polar surface area (TPSA) is 66.5 Å². The minimum Gasteiger partial charge on any atom is -0.339 e. The van der Waals surface area contributed by atoms with E-state index in [0.29, 0.717) is 6.54 Å². The van der Waals surface area contributed by atoms with Crippen molar-refractivity contribution < 1.29 is 13.2 Å². The van der Waals surface area contributed by atoms with Gasteiger partial charge in [-0.2, -0.15) is 4.72 Å². The lowest BCUT2D eigenvalue weighted by atomic mass is 10.2. The van der Waals surface area contributed by atoms with Crippen LogP contribution in [0.1, 0.15) is 17.4 Å². The summed E-state index contributed by atoms with van der Waals surface area (Å²) in [5.74, 6) is -0.257. The Morgan fingerprint density at radius 2 is 2.05 bits per heavy atom. The van der Waals surface area contributed by atoms with Gasteiger partial charge in [-0.25, -0.2) is 8.42 Å². The van der Waals surface area contributed by atoms with Crippen molar-refractivity contribution in [1.29, 1.82) is 0 Å². The van der Waals surface area contributed by atoms with Crippen molar-refractivity contribution in [2.75, 3.05) is 7.05 Å². The van der Waals surface area contributed by atoms with E-state index in [2.05, 4.69) is 4.72 Å². The molecule has 0 saturated carbocycles. The standard InChI is InChI=1S/C14H18N2O3S3/c1-10-6-8-20-12(10)9-16(3)14(17)11(2)15-22(18,19)13-5-4-7-21-13/h4-8,11,15H,9H2,1-3H3. The zero-order valence-electron chi connectivity index (χ0n) is 12.6. The van der Waals surface area contributed by atoms with Crippen LogP contribution in [-0.2, 0) is 21.4 Å². The number of nitrogens with zero attached hydrogens (tertiary/aromatic N) is 1. The summed E-state index contributed by atoms with van der Waals surface area (Å²) in [6.45, 7) is 4.03. The van der Waals surface area contributed by atoms with Crippen LogP contribution in [0, 0.1) is 6.92 Å². The third-order valence-electron chi connectivity index (χ3n) is 3.19. The molecule has 1 N–H and O–H groups in total. The Hall–Kier alpha value is -1.22. The number of amides is 1. The number of carbonyl (C=O) groups excluding carboxylic acids is 1. The van der Waals surface area contributed by atoms with E-state index < -0.39 is 16.1 Å². The quantitative estimate of drug-likeness (QED) is 0.862. The number of sulfonamides is 1. The monoisotopic (exact) mass is 358 g/mol. The van der Waals surface area contributed by atoms with E-state index in [4.69, 9.17) is 0 Å². The fourth-order valence-electron chi connectivity index (χ4n) is 1.95. The minimum atomic E-state index is -3.64. The van der Waals surface area contributed by atoms with Crippen molar-refractivity contribution in [3.63, 3.8) is 0 Å². The Bertz CT molecular complexity index is 735. The van der Waals surface area contributed by atoms with E-state index in [9.17, 15) is 13.2 Å². The maximum absolute atomic E-state index is 12.3. The SMILES string of the molecule is Cc1ccsc1CN(C)C(=O)C(C)NS(=O)(=O)c1cccs1. The number of likely N-dealkylation sites (N-methyl/N-ethyl adjacent to an activating group) is 1. The molecule has 0 aliphatic rings. The second kappa shape index (κ2) is 6.91. The Labute approximate surface area is 138 Å². The van der Waals surface area contributed by atoms with E-state index in [-0.39, 0.29) is 10.1 Å². The predicted octanol–water partition coefficient (Wildman–Crippen LogP) is 2.44. The van der Waals surface area contributed by atoms with E-state index in [1.165, 1.54) is 6.07 Å². The number of nitrogens with one attached hydrogen (secondary N) is 1. The zero-order chi connectivity index (χ0) is 16.3. The molecule has 0 bridgehead atoms. The Kier molecular flexibility index (Phi) is 5.38. The first kappa shape index (κ1) is 17.1. The molecule has 0 radical (unpaired) electrons. The summed E-state index contributed by atoms with van der Waals surface area (Å²) in [7, 11) is -1.96. The molecule has 22 heavy (non-hydrogen) atoms. The molecular weight excluding hydrogens is 340 g/mol. The molecule has 0 aliphatic heterocycles. The average molecular weight is 359 g/mol. The van der Waals surface area contributed by atoms with Crippen molar-refractivity contribution in [1.82, 2.24) is 9.62 Å². The average Bonchev–Trinajstić information content (AvgIpc) is 3.10. The number of rotatable bonds is 6. The van der Waals surface area contributed by atoms with E-state index in [1.54, 1.807) is 41.7 Å². The van der Waals surface area contributed by atoms with E-state index in [0.717, 1.165) is 21.8 Å². The number of hydrogen-bond acceptors (Lipinski definition) is 5. The van der Waals surface area contributed by atoms with Crippen molar-refractivity contribution in [2.24, 2.45) is 0 Å². The van der Waals surface area contributed by atoms with Crippen LogP contribution in [0.5, 0.6) is 0 Å². The van der Waals surface area contributed by atoms with Gasteiger partial charge in [0.05, 0.1) is 12.6 Å². The van der Waals surface area contributed by atoms with Crippen LogP contribution >= 0.6 is 22.7 Å². The summed E-state index contributed by atoms with van der Waals surface area (Å²) in [5, 5.41) is 3.67. The molecular formula is C14H18N2O3S3. The first-order valence-electron chi connectivity index (χ1n) is 6.65. The normalized spacial score (nSPS) is 13.0. The molecule has 0 aromatic carbocycles. The van der Waals surface area contributed by atoms with E-state index in [1.807, 2.05) is 18.4 Å². The molecule has 1 unspecified atom stereocenters. The van der Waals surface area contributed by atoms with Gasteiger partial charge < -0.3 is 4.90 Å². The summed E-state index contributed by atoms with van der Waals surface area (Å²) in [4.78, 5) is 15.0. The number of hydrogen-bond donors (Lipinski definition) is 1. The first-order chi connectivity index (χ1) is 10.3. The second-order valence-corrected chi connectivity index (χ2v) is 8.89. The highest BCUT2D eigenvalue weighted by Crippen LogP contribution is 2.18. The lowest BCUT2D eigenvalue weighted by Gasteiger charge is -2.21. The maximum atomic E-state index is 12.3. The minimum absolute atomic E-state index is 0.212. The number of aryl methyl sites for hydroxylation is 1. The van der Waals surface area contributed by atoms with Crippen LogP contribution in [0.3, 0.4) is 0 Å². The first-order valence-corrected chi connectivity index (χ1v) is 9.89. The van der Waals surface area contributed by atoms with Gasteiger partial charge in [-0.1, -0.05) is 6.07 Å². The van der Waals surface area contributed by atoms with Crippen LogP contribution in [0.15, 0.2) is 33.2 Å². The van der Waals surface area contributed by atoms with Crippen molar-refractivity contribution in [3.05, 3.63) is 39.4 Å². The zero-order valence-corrected chi connectivity index (χ0v) is 15.0. The lowest BCUT2D eigenvalue weighted by Crippen LogP contribution is -2.45. The van der Waals surface area contributed by atoms with Gasteiger partial charge >= 0.3 is 0 Å². The smallest absolute Gasteiger partial charge is 0.250 e. The van der Waals surface area contributed by atoms with Gasteiger partial charge in [-0.3, -0.25) is 4.79 Å². The molecule has 0 saturated heterocycles. The molecule has 1 amide bonds. The third-order valence-corrected chi connectivity index (χ3v) is 7.13. The molecule has 2 aromatic heterocycles. The fourth-order valence-corrected chi connectivity index (χ4v) is 5.11. The van der Waals surface area contributed by atoms with E-state index >= 15 is 0 Å². The Balaban J connectivity index is 2.01. The van der Waals surface area contributed by atoms with Gasteiger partial charge in [0.25, 0.3) is 10.0 Å². The summed E-state index contributed by atoms with van der Waals surface area (Å²) in [6.07, 6.45) is 0. The molecule has 2 rings (SSSR count). The summed E-state index contributed by atoms with van der Waals surface area (Å²) < 4.78 is 26.9. The van der Waals surface area contributed by atoms with Crippen LogP contribution in [-0.4, -0.2) is 32.3 Å². The largest absolute Gasteiger partial charge is 0.339 e. The number of carbonyl (C=O) groups is 1. The molecule has 8 heteroatoms. The third kappa shape index (κ3) is 3.95. The van der Waals surface area contributed by atoms with Crippen LogP contribution in [0.2, 0.25) is 0 Å². The molecule has 1 atom stereocenters. The lowest BCUT2D eigenvalue weighted by molar-refractivity contribution is -0.131.